The largest absolute Gasteiger partial charge is 0.327 e. The summed E-state index contributed by atoms with van der Waals surface area (Å²) in [5.74, 6) is -0.421. The number of non-ortho nitro benzene ring substituents is 1. The zero-order valence-corrected chi connectivity index (χ0v) is 12.2. The van der Waals surface area contributed by atoms with E-state index in [4.69, 9.17) is 17.3 Å². The van der Waals surface area contributed by atoms with Gasteiger partial charge in [-0.3, -0.25) is 19.7 Å². The van der Waals surface area contributed by atoms with Crippen LogP contribution < -0.4 is 11.1 Å². The van der Waals surface area contributed by atoms with E-state index in [2.05, 4.69) is 5.32 Å². The van der Waals surface area contributed by atoms with Crippen molar-refractivity contribution in [1.29, 1.82) is 0 Å². The Hall–Kier alpha value is -1.99. The van der Waals surface area contributed by atoms with Crippen LogP contribution in [0.3, 0.4) is 0 Å². The molecule has 7 nitrogen and oxygen atoms in total. The van der Waals surface area contributed by atoms with Crippen molar-refractivity contribution in [3.63, 3.8) is 0 Å². The van der Waals surface area contributed by atoms with Gasteiger partial charge in [0.1, 0.15) is 0 Å². The molecular formula is C13H16ClN3O4. The summed E-state index contributed by atoms with van der Waals surface area (Å²) in [4.78, 5) is 33.2. The molecule has 0 aliphatic carbocycles. The third kappa shape index (κ3) is 5.13. The van der Waals surface area contributed by atoms with Crippen LogP contribution in [-0.4, -0.2) is 22.1 Å². The molecule has 8 heteroatoms. The first-order valence-corrected chi connectivity index (χ1v) is 6.76. The second-order valence-corrected chi connectivity index (χ2v) is 4.91. The maximum absolute atomic E-state index is 11.8. The molecule has 1 atom stereocenters. The van der Waals surface area contributed by atoms with Gasteiger partial charge in [0, 0.05) is 24.6 Å². The molecule has 0 fully saturated rings. The molecule has 1 aromatic carbocycles. The van der Waals surface area contributed by atoms with Gasteiger partial charge in [0.05, 0.1) is 16.2 Å². The van der Waals surface area contributed by atoms with Crippen LogP contribution in [0.15, 0.2) is 18.2 Å². The third-order valence-electron chi connectivity index (χ3n) is 2.81. The molecule has 0 radical (unpaired) electrons. The maximum atomic E-state index is 11.8. The normalized spacial score (nSPS) is 11.8. The van der Waals surface area contributed by atoms with Crippen molar-refractivity contribution >= 4 is 34.1 Å². The summed E-state index contributed by atoms with van der Waals surface area (Å²) < 4.78 is 0. The molecule has 0 saturated carbocycles. The highest BCUT2D eigenvalue weighted by Crippen LogP contribution is 2.24. The Labute approximate surface area is 126 Å². The van der Waals surface area contributed by atoms with Crippen LogP contribution in [0, 0.1) is 10.1 Å². The number of hydrogen-bond donors (Lipinski definition) is 2. The lowest BCUT2D eigenvalue weighted by atomic mass is 10.1. The average molecular weight is 314 g/mol. The summed E-state index contributed by atoms with van der Waals surface area (Å²) in [5.41, 5.74) is 5.52. The standard InChI is InChI=1S/C13H16ClN3O4/c1-2-3-8(15)6-12(18)16-11-7-9(17(20)21)4-5-10(11)13(14)19/h4-5,7-8H,2-3,6,15H2,1H3,(H,16,18). The number of nitro benzene ring substituents is 1. The predicted octanol–water partition coefficient (Wildman–Crippen LogP) is 2.43. The molecule has 1 rings (SSSR count). The van der Waals surface area contributed by atoms with Crippen LogP contribution >= 0.6 is 11.6 Å². The minimum atomic E-state index is -0.807. The summed E-state index contributed by atoms with van der Waals surface area (Å²) in [5, 5.41) is 12.4. The van der Waals surface area contributed by atoms with E-state index in [9.17, 15) is 19.7 Å². The molecule has 0 saturated heterocycles. The summed E-state index contributed by atoms with van der Waals surface area (Å²) in [6.45, 7) is 1.95. The fourth-order valence-corrected chi connectivity index (χ4v) is 2.00. The van der Waals surface area contributed by atoms with Gasteiger partial charge in [-0.1, -0.05) is 13.3 Å². The van der Waals surface area contributed by atoms with E-state index < -0.39 is 16.1 Å². The molecule has 0 bridgehead atoms. The number of halogens is 1. The second-order valence-electron chi connectivity index (χ2n) is 4.56. The van der Waals surface area contributed by atoms with Gasteiger partial charge in [0.25, 0.3) is 10.9 Å². The first-order valence-electron chi connectivity index (χ1n) is 6.38. The summed E-state index contributed by atoms with van der Waals surface area (Å²) >= 11 is 5.39. The first kappa shape index (κ1) is 17.1. The number of amides is 1. The van der Waals surface area contributed by atoms with Crippen molar-refractivity contribution in [1.82, 2.24) is 0 Å². The van der Waals surface area contributed by atoms with Gasteiger partial charge in [0.2, 0.25) is 5.91 Å². The van der Waals surface area contributed by atoms with E-state index in [0.29, 0.717) is 6.42 Å². The Morgan fingerprint density at radius 2 is 2.14 bits per heavy atom. The minimum Gasteiger partial charge on any atom is -0.327 e. The number of carbonyl (C=O) groups excluding carboxylic acids is 2. The van der Waals surface area contributed by atoms with Crippen LogP contribution in [0.2, 0.25) is 0 Å². The van der Waals surface area contributed by atoms with Crippen molar-refractivity contribution in [2.24, 2.45) is 5.73 Å². The smallest absolute Gasteiger partial charge is 0.271 e. The van der Waals surface area contributed by atoms with Gasteiger partial charge < -0.3 is 11.1 Å². The molecule has 21 heavy (non-hydrogen) atoms. The van der Waals surface area contributed by atoms with Gasteiger partial charge in [0.15, 0.2) is 0 Å². The van der Waals surface area contributed by atoms with Gasteiger partial charge in [-0.2, -0.15) is 0 Å². The molecule has 1 amide bonds. The third-order valence-corrected chi connectivity index (χ3v) is 3.01. The Morgan fingerprint density at radius 3 is 2.67 bits per heavy atom. The SMILES string of the molecule is CCCC(N)CC(=O)Nc1cc([N+](=O)[O-])ccc1C(=O)Cl. The number of rotatable bonds is 7. The molecule has 1 aromatic rings. The molecule has 0 aliphatic heterocycles. The van der Waals surface area contributed by atoms with Crippen molar-refractivity contribution in [3.05, 3.63) is 33.9 Å². The molecule has 0 aromatic heterocycles. The monoisotopic (exact) mass is 313 g/mol. The highest BCUT2D eigenvalue weighted by atomic mass is 35.5. The topological polar surface area (TPSA) is 115 Å². The van der Waals surface area contributed by atoms with E-state index in [0.717, 1.165) is 18.6 Å². The average Bonchev–Trinajstić information content (AvgIpc) is 2.38. The van der Waals surface area contributed by atoms with Crippen LogP contribution in [0.4, 0.5) is 11.4 Å². The minimum absolute atomic E-state index is 0.000297. The molecular weight excluding hydrogens is 298 g/mol. The molecule has 114 valence electrons. The van der Waals surface area contributed by atoms with Crippen LogP contribution in [0.25, 0.3) is 0 Å². The number of benzene rings is 1. The molecule has 1 unspecified atom stereocenters. The van der Waals surface area contributed by atoms with E-state index >= 15 is 0 Å². The molecule has 3 N–H and O–H groups in total. The zero-order valence-electron chi connectivity index (χ0n) is 11.5. The van der Waals surface area contributed by atoms with Crippen LogP contribution in [0.1, 0.15) is 36.5 Å². The summed E-state index contributed by atoms with van der Waals surface area (Å²) in [6.07, 6.45) is 1.59. The lowest BCUT2D eigenvalue weighted by Crippen LogP contribution is -2.27. The Kier molecular flexibility index (Phi) is 6.26. The number of nitrogens with one attached hydrogen (secondary N) is 1. The van der Waals surface area contributed by atoms with Gasteiger partial charge in [-0.05, 0) is 24.1 Å². The van der Waals surface area contributed by atoms with E-state index in [1.165, 1.54) is 6.07 Å². The van der Waals surface area contributed by atoms with Gasteiger partial charge in [-0.15, -0.1) is 0 Å². The number of hydrogen-bond acceptors (Lipinski definition) is 5. The van der Waals surface area contributed by atoms with E-state index in [1.807, 2.05) is 6.92 Å². The number of nitrogens with zero attached hydrogens (tertiary/aromatic N) is 1. The highest BCUT2D eigenvalue weighted by Gasteiger charge is 2.17. The zero-order chi connectivity index (χ0) is 16.0. The number of nitro groups is 1. The molecule has 0 aliphatic rings. The van der Waals surface area contributed by atoms with Crippen LogP contribution in [0.5, 0.6) is 0 Å². The van der Waals surface area contributed by atoms with Crippen molar-refractivity contribution in [2.45, 2.75) is 32.2 Å². The second kappa shape index (κ2) is 7.70. The number of carbonyl (C=O) groups is 2. The maximum Gasteiger partial charge on any atom is 0.271 e. The fraction of sp³-hybridized carbons (Fsp3) is 0.385. The van der Waals surface area contributed by atoms with E-state index in [1.54, 1.807) is 0 Å². The number of anilines is 1. The quantitative estimate of drug-likeness (QED) is 0.455. The lowest BCUT2D eigenvalue weighted by Gasteiger charge is -2.12. The van der Waals surface area contributed by atoms with Gasteiger partial charge in [-0.25, -0.2) is 0 Å². The van der Waals surface area contributed by atoms with Crippen molar-refractivity contribution in [2.75, 3.05) is 5.32 Å². The Bertz CT molecular complexity index is 562. The predicted molar refractivity (Wildman–Crippen MR) is 79.4 cm³/mol. The summed E-state index contributed by atoms with van der Waals surface area (Å²) in [6, 6.07) is 3.14. The first-order chi connectivity index (χ1) is 9.85. The number of nitrogens with two attached hydrogens (primary N) is 1. The highest BCUT2D eigenvalue weighted by molar-refractivity contribution is 6.68. The lowest BCUT2D eigenvalue weighted by molar-refractivity contribution is -0.384. The van der Waals surface area contributed by atoms with Crippen molar-refractivity contribution in [3.8, 4) is 0 Å². The van der Waals surface area contributed by atoms with E-state index in [-0.39, 0.29) is 29.4 Å². The van der Waals surface area contributed by atoms with Crippen molar-refractivity contribution < 1.29 is 14.5 Å². The molecule has 0 heterocycles. The fourth-order valence-electron chi connectivity index (χ4n) is 1.83. The van der Waals surface area contributed by atoms with Crippen LogP contribution in [-0.2, 0) is 4.79 Å². The Balaban J connectivity index is 2.94. The van der Waals surface area contributed by atoms with Gasteiger partial charge >= 0.3 is 0 Å². The molecule has 0 spiro atoms. The summed E-state index contributed by atoms with van der Waals surface area (Å²) in [7, 11) is 0. The Morgan fingerprint density at radius 1 is 1.48 bits per heavy atom.